The molecular weight excluding hydrogens is 623 g/mol. The SMILES string of the molecule is Cc1ccc(S(=O)(=O)n2cc(-c3cnn(Cc4cccc(C)c4)c3)c3cc(-c4ccc(N5CCN(C[C@H](C)O)CC5)nc4)cnc32)cc1. The molecule has 1 fully saturated rings. The number of fused-ring (bicyclic) bond motifs is 1. The second kappa shape index (κ2) is 13.0. The van der Waals surface area contributed by atoms with Crippen LogP contribution in [-0.2, 0) is 16.6 Å². The Morgan fingerprint density at radius 2 is 1.58 bits per heavy atom. The van der Waals surface area contributed by atoms with Gasteiger partial charge in [-0.3, -0.25) is 9.58 Å². The molecule has 1 aliphatic rings. The Morgan fingerprint density at radius 1 is 0.812 bits per heavy atom. The van der Waals surface area contributed by atoms with Gasteiger partial charge >= 0.3 is 0 Å². The summed E-state index contributed by atoms with van der Waals surface area (Å²) in [7, 11) is -3.93. The van der Waals surface area contributed by atoms with Crippen LogP contribution in [0.4, 0.5) is 5.82 Å². The first kappa shape index (κ1) is 31.7. The maximum absolute atomic E-state index is 14.0. The van der Waals surface area contributed by atoms with Crippen molar-refractivity contribution >= 4 is 26.9 Å². The second-order valence-electron chi connectivity index (χ2n) is 12.7. The summed E-state index contributed by atoms with van der Waals surface area (Å²) in [6, 6.07) is 21.2. The Kier molecular flexibility index (Phi) is 8.59. The Labute approximate surface area is 281 Å². The van der Waals surface area contributed by atoms with Crippen molar-refractivity contribution in [2.45, 2.75) is 38.3 Å². The Balaban J connectivity index is 1.24. The van der Waals surface area contributed by atoms with Crippen LogP contribution in [0.25, 0.3) is 33.3 Å². The van der Waals surface area contributed by atoms with Gasteiger partial charge in [-0.1, -0.05) is 47.5 Å². The summed E-state index contributed by atoms with van der Waals surface area (Å²) in [6.45, 7) is 10.5. The van der Waals surface area contributed by atoms with Crippen LogP contribution in [0.5, 0.6) is 0 Å². The van der Waals surface area contributed by atoms with Crippen molar-refractivity contribution in [2.24, 2.45) is 0 Å². The van der Waals surface area contributed by atoms with E-state index in [9.17, 15) is 13.5 Å². The third kappa shape index (κ3) is 6.49. The first-order valence-corrected chi connectivity index (χ1v) is 17.6. The van der Waals surface area contributed by atoms with Gasteiger partial charge in [-0.15, -0.1) is 0 Å². The van der Waals surface area contributed by atoms with Crippen LogP contribution in [0.15, 0.2) is 103 Å². The number of anilines is 1. The number of pyridine rings is 2. The number of hydrogen-bond donors (Lipinski definition) is 1. The molecule has 11 heteroatoms. The minimum Gasteiger partial charge on any atom is -0.392 e. The zero-order chi connectivity index (χ0) is 33.4. The summed E-state index contributed by atoms with van der Waals surface area (Å²) >= 11 is 0. The molecule has 0 spiro atoms. The van der Waals surface area contributed by atoms with E-state index in [4.69, 9.17) is 9.97 Å². The number of benzene rings is 2. The molecule has 6 aromatic rings. The topological polar surface area (TPSA) is 109 Å². The van der Waals surface area contributed by atoms with Crippen LogP contribution < -0.4 is 4.90 Å². The largest absolute Gasteiger partial charge is 0.392 e. The summed E-state index contributed by atoms with van der Waals surface area (Å²) in [4.78, 5) is 14.2. The molecule has 0 amide bonds. The average Bonchev–Trinajstić information content (AvgIpc) is 3.70. The Bertz CT molecular complexity index is 2160. The molecule has 1 saturated heterocycles. The molecular formula is C37H39N7O3S. The number of aliphatic hydroxyl groups is 1. The molecule has 7 rings (SSSR count). The summed E-state index contributed by atoms with van der Waals surface area (Å²) in [5, 5.41) is 15.1. The van der Waals surface area contributed by atoms with Crippen molar-refractivity contribution in [3.63, 3.8) is 0 Å². The molecule has 48 heavy (non-hydrogen) atoms. The smallest absolute Gasteiger partial charge is 0.269 e. The third-order valence-electron chi connectivity index (χ3n) is 8.86. The number of piperazine rings is 1. The molecule has 5 heterocycles. The summed E-state index contributed by atoms with van der Waals surface area (Å²) < 4.78 is 31.1. The van der Waals surface area contributed by atoms with Gasteiger partial charge < -0.3 is 10.0 Å². The molecule has 1 N–H and O–H groups in total. The van der Waals surface area contributed by atoms with Crippen LogP contribution in [0.2, 0.25) is 0 Å². The number of β-amino-alcohol motifs (C(OH)–C–C–N with tert-alkyl or cyclic N) is 1. The fraction of sp³-hybridized carbons (Fsp3) is 0.270. The molecule has 0 radical (unpaired) electrons. The number of hydrogen-bond acceptors (Lipinski definition) is 8. The fourth-order valence-electron chi connectivity index (χ4n) is 6.34. The van der Waals surface area contributed by atoms with E-state index in [1.165, 1.54) is 9.54 Å². The van der Waals surface area contributed by atoms with Crippen molar-refractivity contribution < 1.29 is 13.5 Å². The highest BCUT2D eigenvalue weighted by molar-refractivity contribution is 7.90. The van der Waals surface area contributed by atoms with Crippen molar-refractivity contribution in [3.8, 4) is 22.3 Å². The van der Waals surface area contributed by atoms with Crippen molar-refractivity contribution in [3.05, 3.63) is 114 Å². The number of nitrogens with zero attached hydrogens (tertiary/aromatic N) is 7. The lowest BCUT2D eigenvalue weighted by Gasteiger charge is -2.35. The van der Waals surface area contributed by atoms with Gasteiger partial charge in [-0.25, -0.2) is 22.4 Å². The molecule has 246 valence electrons. The quantitative estimate of drug-likeness (QED) is 0.221. The van der Waals surface area contributed by atoms with Gasteiger partial charge in [-0.05, 0) is 56.7 Å². The fourth-order valence-corrected chi connectivity index (χ4v) is 7.66. The Hall–Kier alpha value is -4.84. The maximum atomic E-state index is 14.0. The highest BCUT2D eigenvalue weighted by atomic mass is 32.2. The average molecular weight is 662 g/mol. The number of aromatic nitrogens is 5. The van der Waals surface area contributed by atoms with Gasteiger partial charge in [0, 0.05) is 85.2 Å². The van der Waals surface area contributed by atoms with Crippen LogP contribution >= 0.6 is 0 Å². The van der Waals surface area contributed by atoms with E-state index in [0.29, 0.717) is 24.1 Å². The third-order valence-corrected chi connectivity index (χ3v) is 10.5. The van der Waals surface area contributed by atoms with Crippen LogP contribution in [0.3, 0.4) is 0 Å². The normalized spacial score (nSPS) is 14.9. The summed E-state index contributed by atoms with van der Waals surface area (Å²) in [6.07, 6.45) is 8.60. The van der Waals surface area contributed by atoms with E-state index in [1.807, 2.05) is 55.2 Å². The molecule has 1 atom stereocenters. The van der Waals surface area contributed by atoms with Gasteiger partial charge in [0.2, 0.25) is 0 Å². The molecule has 0 bridgehead atoms. The van der Waals surface area contributed by atoms with E-state index in [1.54, 1.807) is 42.9 Å². The standard InChI is InChI=1S/C37H39N7O3S/c1-26-7-10-33(11-8-26)48(46,47)44-25-35(32-21-40-43(24-32)23-29-6-4-5-27(2)17-29)34-18-31(20-39-37(34)44)30-9-12-36(38-19-30)42-15-13-41(14-16-42)22-28(3)45/h4-12,17-21,24-25,28,45H,13-16,22-23H2,1-3H3/t28-/m0/s1. The van der Waals surface area contributed by atoms with E-state index < -0.39 is 10.0 Å². The lowest BCUT2D eigenvalue weighted by Crippen LogP contribution is -2.48. The minimum absolute atomic E-state index is 0.198. The summed E-state index contributed by atoms with van der Waals surface area (Å²) in [5.74, 6) is 0.904. The first-order chi connectivity index (χ1) is 23.1. The molecule has 0 saturated carbocycles. The molecule has 10 nitrogen and oxygen atoms in total. The van der Waals surface area contributed by atoms with Crippen LogP contribution in [0.1, 0.15) is 23.6 Å². The molecule has 4 aromatic heterocycles. The second-order valence-corrected chi connectivity index (χ2v) is 14.5. The van der Waals surface area contributed by atoms with Crippen molar-refractivity contribution in [1.29, 1.82) is 0 Å². The molecule has 0 unspecified atom stereocenters. The van der Waals surface area contributed by atoms with Gasteiger partial charge in [-0.2, -0.15) is 5.10 Å². The van der Waals surface area contributed by atoms with Crippen molar-refractivity contribution in [2.75, 3.05) is 37.6 Å². The lowest BCUT2D eigenvalue weighted by molar-refractivity contribution is 0.122. The highest BCUT2D eigenvalue weighted by Gasteiger charge is 2.24. The monoisotopic (exact) mass is 661 g/mol. The molecule has 0 aliphatic carbocycles. The predicted octanol–water partition coefficient (Wildman–Crippen LogP) is 5.37. The van der Waals surface area contributed by atoms with Crippen LogP contribution in [0, 0.1) is 13.8 Å². The zero-order valence-corrected chi connectivity index (χ0v) is 28.2. The zero-order valence-electron chi connectivity index (χ0n) is 27.4. The number of aliphatic hydroxyl groups excluding tert-OH is 1. The van der Waals surface area contributed by atoms with E-state index in [-0.39, 0.29) is 11.0 Å². The van der Waals surface area contributed by atoms with Gasteiger partial charge in [0.1, 0.15) is 5.82 Å². The van der Waals surface area contributed by atoms with E-state index >= 15 is 0 Å². The van der Waals surface area contributed by atoms with E-state index in [0.717, 1.165) is 65.4 Å². The van der Waals surface area contributed by atoms with E-state index in [2.05, 4.69) is 40.0 Å². The Morgan fingerprint density at radius 3 is 2.29 bits per heavy atom. The minimum atomic E-state index is -3.93. The van der Waals surface area contributed by atoms with Crippen LogP contribution in [-0.4, -0.2) is 81.0 Å². The predicted molar refractivity (Wildman–Crippen MR) is 189 cm³/mol. The van der Waals surface area contributed by atoms with Gasteiger partial charge in [0.05, 0.1) is 23.7 Å². The number of aryl methyl sites for hydroxylation is 2. The lowest BCUT2D eigenvalue weighted by atomic mass is 10.1. The summed E-state index contributed by atoms with van der Waals surface area (Å²) in [5.41, 5.74) is 6.89. The molecule has 2 aromatic carbocycles. The van der Waals surface area contributed by atoms with Gasteiger partial charge in [0.25, 0.3) is 10.0 Å². The maximum Gasteiger partial charge on any atom is 0.269 e. The first-order valence-electron chi connectivity index (χ1n) is 16.2. The van der Waals surface area contributed by atoms with Crippen molar-refractivity contribution in [1.82, 2.24) is 28.6 Å². The molecule has 1 aliphatic heterocycles. The highest BCUT2D eigenvalue weighted by Crippen LogP contribution is 2.35. The van der Waals surface area contributed by atoms with Gasteiger partial charge in [0.15, 0.2) is 5.65 Å². The number of rotatable bonds is 9.